The smallest absolute Gasteiger partial charge is 0.287 e. The van der Waals surface area contributed by atoms with Gasteiger partial charge in [0.2, 0.25) is 0 Å². The number of ether oxygens (including phenoxy) is 2. The number of imidazole rings is 1. The number of methoxy groups -OCH3 is 1. The van der Waals surface area contributed by atoms with E-state index >= 15 is 0 Å². The lowest BCUT2D eigenvalue weighted by atomic mass is 10.2. The Balaban J connectivity index is 1.45. The second kappa shape index (κ2) is 9.38. The van der Waals surface area contributed by atoms with Crippen LogP contribution >= 0.6 is 0 Å². The highest BCUT2D eigenvalue weighted by Crippen LogP contribution is 2.22. The Hall–Kier alpha value is -3.74. The summed E-state index contributed by atoms with van der Waals surface area (Å²) in [5.74, 6) is 2.41. The predicted molar refractivity (Wildman–Crippen MR) is 117 cm³/mol. The maximum absolute atomic E-state index is 12.4. The molecule has 1 N–H and O–H groups in total. The lowest BCUT2D eigenvalue weighted by Crippen LogP contribution is -2.28. The van der Waals surface area contributed by atoms with Crippen LogP contribution in [0.25, 0.3) is 11.0 Å². The zero-order chi connectivity index (χ0) is 21.6. The van der Waals surface area contributed by atoms with Crippen LogP contribution in [-0.2, 0) is 6.54 Å². The maximum Gasteiger partial charge on any atom is 0.287 e. The average Bonchev–Trinajstić information content (AvgIpc) is 3.46. The number of hydrogen-bond donors (Lipinski definition) is 1. The first kappa shape index (κ1) is 20.5. The highest BCUT2D eigenvalue weighted by Gasteiger charge is 2.20. The van der Waals surface area contributed by atoms with E-state index in [0.29, 0.717) is 13.2 Å². The normalized spacial score (nSPS) is 11.9. The van der Waals surface area contributed by atoms with Crippen LogP contribution in [0.5, 0.6) is 11.5 Å². The molecule has 1 atom stereocenters. The number of furan rings is 1. The summed E-state index contributed by atoms with van der Waals surface area (Å²) in [6, 6.07) is 18.5. The standard InChI is InChI=1S/C24H25N3O4/c1-17(25-24(28)22-9-5-15-31-22)23-26-20-7-3-4-8-21(20)27(23)14-6-16-30-19-12-10-18(29-2)11-13-19/h3-5,7-13,15,17H,6,14,16H2,1-2H3,(H,25,28). The second-order valence-electron chi connectivity index (χ2n) is 7.16. The largest absolute Gasteiger partial charge is 0.497 e. The van der Waals surface area contributed by atoms with Crippen LogP contribution in [0.15, 0.2) is 71.3 Å². The van der Waals surface area contributed by atoms with Gasteiger partial charge in [0.25, 0.3) is 5.91 Å². The van der Waals surface area contributed by atoms with Crippen LogP contribution in [0, 0.1) is 0 Å². The fraction of sp³-hybridized carbons (Fsp3) is 0.250. The van der Waals surface area contributed by atoms with Gasteiger partial charge in [0.1, 0.15) is 17.3 Å². The van der Waals surface area contributed by atoms with Gasteiger partial charge in [0, 0.05) is 6.54 Å². The van der Waals surface area contributed by atoms with Crippen LogP contribution < -0.4 is 14.8 Å². The fourth-order valence-electron chi connectivity index (χ4n) is 3.48. The molecule has 0 aliphatic heterocycles. The van der Waals surface area contributed by atoms with Crippen molar-refractivity contribution < 1.29 is 18.7 Å². The van der Waals surface area contributed by atoms with E-state index in [1.165, 1.54) is 6.26 Å². The molecule has 7 nitrogen and oxygen atoms in total. The molecule has 7 heteroatoms. The molecule has 0 saturated carbocycles. The minimum absolute atomic E-state index is 0.265. The molecular weight excluding hydrogens is 394 g/mol. The van der Waals surface area contributed by atoms with E-state index in [2.05, 4.69) is 9.88 Å². The Bertz CT molecular complexity index is 1130. The van der Waals surface area contributed by atoms with E-state index in [1.807, 2.05) is 55.5 Å². The summed E-state index contributed by atoms with van der Waals surface area (Å²) < 4.78 is 18.4. The number of carbonyl (C=O) groups is 1. The van der Waals surface area contributed by atoms with Gasteiger partial charge < -0.3 is 23.8 Å². The molecule has 2 aromatic carbocycles. The quantitative estimate of drug-likeness (QED) is 0.401. The highest BCUT2D eigenvalue weighted by molar-refractivity contribution is 5.91. The first-order valence-corrected chi connectivity index (χ1v) is 10.2. The van der Waals surface area contributed by atoms with Gasteiger partial charge in [0.15, 0.2) is 5.76 Å². The molecule has 0 radical (unpaired) electrons. The summed E-state index contributed by atoms with van der Waals surface area (Å²) in [7, 11) is 1.64. The van der Waals surface area contributed by atoms with Gasteiger partial charge in [-0.25, -0.2) is 4.98 Å². The molecule has 0 spiro atoms. The van der Waals surface area contributed by atoms with E-state index in [9.17, 15) is 4.79 Å². The molecule has 160 valence electrons. The van der Waals surface area contributed by atoms with Crippen molar-refractivity contribution in [1.82, 2.24) is 14.9 Å². The van der Waals surface area contributed by atoms with Crippen molar-refractivity contribution in [2.24, 2.45) is 0 Å². The molecule has 1 unspecified atom stereocenters. The van der Waals surface area contributed by atoms with Gasteiger partial charge in [0.05, 0.1) is 37.1 Å². The van der Waals surface area contributed by atoms with Crippen molar-refractivity contribution in [3.63, 3.8) is 0 Å². The number of fused-ring (bicyclic) bond motifs is 1. The number of aryl methyl sites for hydroxylation is 1. The molecule has 4 aromatic rings. The van der Waals surface area contributed by atoms with Crippen molar-refractivity contribution >= 4 is 16.9 Å². The van der Waals surface area contributed by atoms with Crippen LogP contribution in [0.1, 0.15) is 35.8 Å². The number of carbonyl (C=O) groups excluding carboxylic acids is 1. The van der Waals surface area contributed by atoms with Gasteiger partial charge in [-0.15, -0.1) is 0 Å². The maximum atomic E-state index is 12.4. The molecule has 2 aromatic heterocycles. The molecule has 31 heavy (non-hydrogen) atoms. The van der Waals surface area contributed by atoms with E-state index in [4.69, 9.17) is 18.9 Å². The zero-order valence-electron chi connectivity index (χ0n) is 17.6. The Morgan fingerprint density at radius 1 is 1.10 bits per heavy atom. The number of nitrogens with zero attached hydrogens (tertiary/aromatic N) is 2. The molecule has 0 bridgehead atoms. The number of hydrogen-bond acceptors (Lipinski definition) is 5. The molecule has 4 rings (SSSR count). The number of aromatic nitrogens is 2. The molecular formula is C24H25N3O4. The van der Waals surface area contributed by atoms with Crippen LogP contribution in [0.3, 0.4) is 0 Å². The molecule has 0 saturated heterocycles. The highest BCUT2D eigenvalue weighted by atomic mass is 16.5. The van der Waals surface area contributed by atoms with Gasteiger partial charge in [-0.2, -0.15) is 0 Å². The number of rotatable bonds is 9. The van der Waals surface area contributed by atoms with Crippen molar-refractivity contribution in [1.29, 1.82) is 0 Å². The first-order valence-electron chi connectivity index (χ1n) is 10.2. The minimum atomic E-state index is -0.285. The summed E-state index contributed by atoms with van der Waals surface area (Å²) >= 11 is 0. The molecule has 0 aliphatic rings. The Labute approximate surface area is 180 Å². The monoisotopic (exact) mass is 419 g/mol. The van der Waals surface area contributed by atoms with Crippen molar-refractivity contribution in [3.05, 3.63) is 78.5 Å². The summed E-state index contributed by atoms with van der Waals surface area (Å²) in [5, 5.41) is 2.97. The van der Waals surface area contributed by atoms with E-state index in [1.54, 1.807) is 19.2 Å². The van der Waals surface area contributed by atoms with Crippen LogP contribution in [0.4, 0.5) is 0 Å². The van der Waals surface area contributed by atoms with Gasteiger partial charge in [-0.3, -0.25) is 4.79 Å². The lowest BCUT2D eigenvalue weighted by molar-refractivity contribution is 0.0909. The van der Waals surface area contributed by atoms with E-state index in [0.717, 1.165) is 34.8 Å². The summed E-state index contributed by atoms with van der Waals surface area (Å²) in [6.45, 7) is 3.20. The number of para-hydroxylation sites is 2. The number of amides is 1. The Kier molecular flexibility index (Phi) is 6.21. The molecule has 0 aliphatic carbocycles. The average molecular weight is 419 g/mol. The molecule has 1 amide bonds. The number of benzene rings is 2. The fourth-order valence-corrected chi connectivity index (χ4v) is 3.48. The first-order chi connectivity index (χ1) is 15.2. The zero-order valence-corrected chi connectivity index (χ0v) is 17.6. The Morgan fingerprint density at radius 2 is 1.87 bits per heavy atom. The summed E-state index contributed by atoms with van der Waals surface area (Å²) in [4.78, 5) is 17.2. The molecule has 0 fully saturated rings. The van der Waals surface area contributed by atoms with Gasteiger partial charge in [-0.05, 0) is 61.9 Å². The van der Waals surface area contributed by atoms with Crippen molar-refractivity contribution in [2.45, 2.75) is 25.9 Å². The van der Waals surface area contributed by atoms with Gasteiger partial charge in [-0.1, -0.05) is 12.1 Å². The van der Waals surface area contributed by atoms with Crippen LogP contribution in [0.2, 0.25) is 0 Å². The van der Waals surface area contributed by atoms with Gasteiger partial charge >= 0.3 is 0 Å². The van der Waals surface area contributed by atoms with Crippen LogP contribution in [-0.4, -0.2) is 29.2 Å². The topological polar surface area (TPSA) is 78.5 Å². The SMILES string of the molecule is COc1ccc(OCCCn2c(C(C)NC(=O)c3ccco3)nc3ccccc32)cc1. The summed E-state index contributed by atoms with van der Waals surface area (Å²) in [5.41, 5.74) is 1.92. The van der Waals surface area contributed by atoms with Crippen molar-refractivity contribution in [3.8, 4) is 11.5 Å². The lowest BCUT2D eigenvalue weighted by Gasteiger charge is -2.16. The predicted octanol–water partition coefficient (Wildman–Crippen LogP) is 4.60. The number of nitrogens with one attached hydrogen (secondary N) is 1. The van der Waals surface area contributed by atoms with Crippen molar-refractivity contribution in [2.75, 3.05) is 13.7 Å². The third-order valence-corrected chi connectivity index (χ3v) is 5.02. The third-order valence-electron chi connectivity index (χ3n) is 5.02. The Morgan fingerprint density at radius 3 is 2.61 bits per heavy atom. The van der Waals surface area contributed by atoms with E-state index < -0.39 is 0 Å². The molecule has 2 heterocycles. The van der Waals surface area contributed by atoms with E-state index in [-0.39, 0.29) is 17.7 Å². The second-order valence-corrected chi connectivity index (χ2v) is 7.16. The minimum Gasteiger partial charge on any atom is -0.497 e. The third kappa shape index (κ3) is 4.71. The summed E-state index contributed by atoms with van der Waals surface area (Å²) in [6.07, 6.45) is 2.27.